The normalized spacial score (nSPS) is 12.5. The Kier molecular flexibility index (Phi) is 10.2. The first kappa shape index (κ1) is 30.5. The lowest BCUT2D eigenvalue weighted by Gasteiger charge is -2.24. The van der Waals surface area contributed by atoms with Gasteiger partial charge in [0.15, 0.2) is 11.6 Å². The maximum atomic E-state index is 9.92. The van der Waals surface area contributed by atoms with Crippen molar-refractivity contribution in [2.45, 2.75) is 39.1 Å². The summed E-state index contributed by atoms with van der Waals surface area (Å²) < 4.78 is 10.6. The number of nitrogens with one attached hydrogen (secondary N) is 2. The molecule has 0 aliphatic rings. The predicted octanol–water partition coefficient (Wildman–Crippen LogP) is 3.30. The van der Waals surface area contributed by atoms with E-state index in [1.54, 1.807) is 28.1 Å². The van der Waals surface area contributed by atoms with Crippen molar-refractivity contribution in [3.05, 3.63) is 59.7 Å². The summed E-state index contributed by atoms with van der Waals surface area (Å²) in [7, 11) is 7.16. The van der Waals surface area contributed by atoms with Gasteiger partial charge in [-0.05, 0) is 49.2 Å². The van der Waals surface area contributed by atoms with Crippen LogP contribution >= 0.6 is 0 Å². The van der Waals surface area contributed by atoms with E-state index in [0.717, 1.165) is 22.6 Å². The second-order valence-electron chi connectivity index (χ2n) is 10.3. The number of fused-ring (bicyclic) bond motifs is 1. The molecule has 0 saturated heterocycles. The summed E-state index contributed by atoms with van der Waals surface area (Å²) >= 11 is 0. The maximum absolute atomic E-state index is 9.92. The summed E-state index contributed by atoms with van der Waals surface area (Å²) in [6, 6.07) is 15.7. The molecule has 0 aliphatic heterocycles. The van der Waals surface area contributed by atoms with Gasteiger partial charge < -0.3 is 40.1 Å². The third-order valence-electron chi connectivity index (χ3n) is 6.50. The molecule has 4 rings (SSSR count). The van der Waals surface area contributed by atoms with Crippen LogP contribution in [0.15, 0.2) is 48.5 Å². The first-order valence-corrected chi connectivity index (χ1v) is 13.8. The number of anilines is 4. The summed E-state index contributed by atoms with van der Waals surface area (Å²) in [6.07, 6.45) is -1.18. The zero-order valence-electron chi connectivity index (χ0n) is 25.0. The van der Waals surface area contributed by atoms with Crippen molar-refractivity contribution in [2.75, 3.05) is 61.8 Å². The van der Waals surface area contributed by atoms with Gasteiger partial charge in [0, 0.05) is 40.3 Å². The summed E-state index contributed by atoms with van der Waals surface area (Å²) in [5.41, 5.74) is 3.21. The van der Waals surface area contributed by atoms with E-state index < -0.39 is 12.2 Å². The number of aromatic nitrogens is 4. The summed E-state index contributed by atoms with van der Waals surface area (Å²) in [5, 5.41) is 26.1. The Balaban J connectivity index is 1.81. The molecule has 0 amide bonds. The molecule has 2 atom stereocenters. The highest BCUT2D eigenvalue weighted by atomic mass is 16.5. The van der Waals surface area contributed by atoms with Crippen LogP contribution in [0, 0.1) is 0 Å². The van der Waals surface area contributed by atoms with Crippen LogP contribution in [0.2, 0.25) is 0 Å². The van der Waals surface area contributed by atoms with Gasteiger partial charge in [-0.1, -0.05) is 24.3 Å². The molecule has 12 nitrogen and oxygen atoms in total. The number of aliphatic hydroxyl groups excluding tert-OH is 2. The van der Waals surface area contributed by atoms with Crippen molar-refractivity contribution in [3.8, 4) is 11.5 Å². The van der Waals surface area contributed by atoms with Gasteiger partial charge in [-0.2, -0.15) is 9.97 Å². The molecule has 0 spiro atoms. The van der Waals surface area contributed by atoms with Crippen molar-refractivity contribution in [1.82, 2.24) is 19.9 Å². The second kappa shape index (κ2) is 14.0. The predicted molar refractivity (Wildman–Crippen MR) is 166 cm³/mol. The van der Waals surface area contributed by atoms with E-state index >= 15 is 0 Å². The second-order valence-corrected chi connectivity index (χ2v) is 10.3. The number of hydrogen-bond acceptors (Lipinski definition) is 12. The van der Waals surface area contributed by atoms with Gasteiger partial charge in [0.25, 0.3) is 0 Å². The molecule has 2 aromatic heterocycles. The first-order chi connectivity index (χ1) is 20.2. The minimum atomic E-state index is -0.592. The third kappa shape index (κ3) is 7.86. The van der Waals surface area contributed by atoms with E-state index in [9.17, 15) is 10.2 Å². The van der Waals surface area contributed by atoms with Gasteiger partial charge in [-0.3, -0.25) is 0 Å². The first-order valence-electron chi connectivity index (χ1n) is 13.8. The number of ether oxygens (including phenoxy) is 2. The monoisotopic (exact) mass is 576 g/mol. The Morgan fingerprint density at radius 3 is 1.31 bits per heavy atom. The minimum absolute atomic E-state index is 0.277. The molecule has 2 unspecified atom stereocenters. The number of methoxy groups -OCH3 is 2. The molecule has 42 heavy (non-hydrogen) atoms. The van der Waals surface area contributed by atoms with Crippen molar-refractivity contribution in [3.63, 3.8) is 0 Å². The van der Waals surface area contributed by atoms with Crippen LogP contribution < -0.4 is 29.9 Å². The number of rotatable bonds is 14. The van der Waals surface area contributed by atoms with Crippen molar-refractivity contribution >= 4 is 34.6 Å². The number of aliphatic hydroxyl groups is 2. The number of benzene rings is 2. The van der Waals surface area contributed by atoms with Crippen LogP contribution in [0.1, 0.15) is 25.0 Å². The van der Waals surface area contributed by atoms with Gasteiger partial charge in [-0.15, -0.1) is 0 Å². The van der Waals surface area contributed by atoms with E-state index in [1.807, 2.05) is 72.4 Å². The number of nitrogens with zero attached hydrogens (tertiary/aromatic N) is 6. The Morgan fingerprint density at radius 1 is 0.643 bits per heavy atom. The topological polar surface area (TPSA) is 141 Å². The largest absolute Gasteiger partial charge is 0.497 e. The molecule has 0 saturated carbocycles. The molecule has 2 aromatic carbocycles. The number of hydrogen-bond donors (Lipinski definition) is 4. The van der Waals surface area contributed by atoms with E-state index in [0.29, 0.717) is 47.7 Å². The molecular weight excluding hydrogens is 536 g/mol. The fourth-order valence-electron chi connectivity index (χ4n) is 4.31. The van der Waals surface area contributed by atoms with Gasteiger partial charge in [-0.25, -0.2) is 9.97 Å². The molecule has 0 radical (unpaired) electrons. The van der Waals surface area contributed by atoms with E-state index in [-0.39, 0.29) is 13.1 Å². The summed E-state index contributed by atoms with van der Waals surface area (Å²) in [5.74, 6) is 3.45. The van der Waals surface area contributed by atoms with Crippen LogP contribution in [0.4, 0.5) is 23.5 Å². The fourth-order valence-corrected chi connectivity index (χ4v) is 4.31. The van der Waals surface area contributed by atoms with Crippen molar-refractivity contribution in [1.29, 1.82) is 0 Å². The summed E-state index contributed by atoms with van der Waals surface area (Å²) in [4.78, 5) is 23.2. The lowest BCUT2D eigenvalue weighted by atomic mass is 10.2. The zero-order valence-corrected chi connectivity index (χ0v) is 25.0. The molecule has 0 fully saturated rings. The van der Waals surface area contributed by atoms with Crippen LogP contribution in [0.3, 0.4) is 0 Å². The molecule has 0 bridgehead atoms. The molecule has 0 aliphatic carbocycles. The molecule has 4 aromatic rings. The third-order valence-corrected chi connectivity index (χ3v) is 6.50. The highest BCUT2D eigenvalue weighted by Gasteiger charge is 2.21. The standard InChI is InChI=1S/C30H40N8O4/c1-19(39)15-31-29-33-25-26(27(35-29)37(3)17-21-7-11-23(41-5)12-8-21)34-30(32-16-20(2)40)36-28(25)38(4)18-22-9-13-24(42-6)14-10-22/h7-14,19-20,39-40H,15-18H2,1-6H3,(H,31,33,35)(H,32,34,36). The van der Waals surface area contributed by atoms with Crippen LogP contribution in [-0.4, -0.2) is 83.8 Å². The average molecular weight is 577 g/mol. The Morgan fingerprint density at radius 2 is 1.00 bits per heavy atom. The molecule has 12 heteroatoms. The van der Waals surface area contributed by atoms with Gasteiger partial charge in [0.05, 0.1) is 26.4 Å². The average Bonchev–Trinajstić information content (AvgIpc) is 2.98. The molecule has 4 N–H and O–H groups in total. The van der Waals surface area contributed by atoms with Gasteiger partial charge >= 0.3 is 0 Å². The van der Waals surface area contributed by atoms with E-state index in [2.05, 4.69) is 10.6 Å². The van der Waals surface area contributed by atoms with Gasteiger partial charge in [0.2, 0.25) is 11.9 Å². The fraction of sp³-hybridized carbons (Fsp3) is 0.400. The Hall–Kier alpha value is -4.42. The molecule has 224 valence electrons. The maximum Gasteiger partial charge on any atom is 0.225 e. The van der Waals surface area contributed by atoms with Crippen molar-refractivity contribution in [2.24, 2.45) is 0 Å². The Bertz CT molecular complexity index is 1340. The highest BCUT2D eigenvalue weighted by molar-refractivity contribution is 5.95. The van der Waals surface area contributed by atoms with Crippen LogP contribution in [0.25, 0.3) is 11.0 Å². The Labute approximate surface area is 246 Å². The smallest absolute Gasteiger partial charge is 0.225 e. The minimum Gasteiger partial charge on any atom is -0.497 e. The van der Waals surface area contributed by atoms with Crippen LogP contribution in [0.5, 0.6) is 11.5 Å². The summed E-state index contributed by atoms with van der Waals surface area (Å²) in [6.45, 7) is 5.04. The van der Waals surface area contributed by atoms with Gasteiger partial charge in [0.1, 0.15) is 22.5 Å². The molecular formula is C30H40N8O4. The van der Waals surface area contributed by atoms with E-state index in [1.165, 1.54) is 0 Å². The SMILES string of the molecule is COc1ccc(CN(C)c2nc(NCC(C)O)nc3c(N(C)Cc4ccc(OC)cc4)nc(NCC(C)O)nc23)cc1. The highest BCUT2D eigenvalue weighted by Crippen LogP contribution is 2.32. The quantitative estimate of drug-likeness (QED) is 0.175. The zero-order chi connectivity index (χ0) is 30.2. The lowest BCUT2D eigenvalue weighted by Crippen LogP contribution is -2.24. The van der Waals surface area contributed by atoms with Crippen molar-refractivity contribution < 1.29 is 19.7 Å². The lowest BCUT2D eigenvalue weighted by molar-refractivity contribution is 0.207. The molecule has 2 heterocycles. The van der Waals surface area contributed by atoms with Crippen LogP contribution in [-0.2, 0) is 13.1 Å². The van der Waals surface area contributed by atoms with E-state index in [4.69, 9.17) is 29.4 Å².